The van der Waals surface area contributed by atoms with Crippen LogP contribution in [0.15, 0.2) is 44.3 Å². The summed E-state index contributed by atoms with van der Waals surface area (Å²) in [7, 11) is 0. The number of amides is 1. The van der Waals surface area contributed by atoms with Crippen LogP contribution >= 0.6 is 15.9 Å². The van der Waals surface area contributed by atoms with E-state index in [1.807, 2.05) is 0 Å². The molecule has 3 aromatic heterocycles. The Morgan fingerprint density at radius 1 is 1.39 bits per heavy atom. The number of hydrogen-bond acceptors (Lipinski definition) is 5. The van der Waals surface area contributed by atoms with Gasteiger partial charge in [-0.15, -0.1) is 0 Å². The number of nitrogens with one attached hydrogen (secondary N) is 1. The fourth-order valence-corrected chi connectivity index (χ4v) is 2.53. The van der Waals surface area contributed by atoms with Gasteiger partial charge in [-0.1, -0.05) is 0 Å². The molecule has 118 valence electrons. The van der Waals surface area contributed by atoms with Crippen molar-refractivity contribution in [3.05, 3.63) is 57.1 Å². The molecule has 0 fully saturated rings. The number of aryl methyl sites for hydroxylation is 1. The number of pyridine rings is 1. The lowest BCUT2D eigenvalue weighted by molar-refractivity contribution is 0.0923. The van der Waals surface area contributed by atoms with E-state index in [9.17, 15) is 9.59 Å². The van der Waals surface area contributed by atoms with E-state index >= 15 is 0 Å². The van der Waals surface area contributed by atoms with Gasteiger partial charge in [-0.25, -0.2) is 9.97 Å². The summed E-state index contributed by atoms with van der Waals surface area (Å²) in [6, 6.07) is 6.60. The van der Waals surface area contributed by atoms with Crippen molar-refractivity contribution in [3.8, 4) is 0 Å². The molecule has 0 saturated carbocycles. The Bertz CT molecular complexity index is 932. The van der Waals surface area contributed by atoms with Crippen LogP contribution < -0.4 is 10.9 Å². The average Bonchev–Trinajstić information content (AvgIpc) is 2.97. The van der Waals surface area contributed by atoms with Gasteiger partial charge in [-0.05, 0) is 47.1 Å². The summed E-state index contributed by atoms with van der Waals surface area (Å²) in [4.78, 5) is 32.7. The van der Waals surface area contributed by atoms with Gasteiger partial charge in [0.15, 0.2) is 16.1 Å². The van der Waals surface area contributed by atoms with E-state index in [2.05, 4.69) is 31.2 Å². The molecule has 0 bridgehead atoms. The monoisotopic (exact) mass is 376 g/mol. The van der Waals surface area contributed by atoms with Gasteiger partial charge in [0.2, 0.25) is 0 Å². The number of halogens is 1. The van der Waals surface area contributed by atoms with Crippen molar-refractivity contribution >= 4 is 32.9 Å². The minimum Gasteiger partial charge on any atom is -0.444 e. The third-order valence-corrected chi connectivity index (χ3v) is 3.76. The second-order valence-electron chi connectivity index (χ2n) is 4.85. The topological polar surface area (TPSA) is 90.0 Å². The first-order chi connectivity index (χ1) is 11.1. The zero-order valence-electron chi connectivity index (χ0n) is 12.2. The van der Waals surface area contributed by atoms with Crippen LogP contribution in [0.3, 0.4) is 0 Å². The lowest BCUT2D eigenvalue weighted by Crippen LogP contribution is -2.32. The van der Waals surface area contributed by atoms with Gasteiger partial charge in [0, 0.05) is 19.3 Å². The van der Waals surface area contributed by atoms with Gasteiger partial charge in [0.05, 0.1) is 5.39 Å². The predicted molar refractivity (Wildman–Crippen MR) is 87.3 cm³/mol. The van der Waals surface area contributed by atoms with E-state index in [0.717, 1.165) is 0 Å². The average molecular weight is 377 g/mol. The number of nitrogens with zero attached hydrogens (tertiary/aromatic N) is 3. The van der Waals surface area contributed by atoms with Gasteiger partial charge in [-0.2, -0.15) is 0 Å². The number of carbonyl (C=O) groups is 1. The number of carbonyl (C=O) groups excluding carboxylic acids is 1. The number of hydrogen-bond donors (Lipinski definition) is 1. The third kappa shape index (κ3) is 3.16. The first kappa shape index (κ1) is 15.4. The molecule has 0 aliphatic rings. The summed E-state index contributed by atoms with van der Waals surface area (Å²) in [5.74, 6) is 0.426. The van der Waals surface area contributed by atoms with E-state index in [1.54, 1.807) is 37.4 Å². The Hall–Kier alpha value is -2.48. The van der Waals surface area contributed by atoms with Crippen molar-refractivity contribution in [2.75, 3.05) is 6.54 Å². The van der Waals surface area contributed by atoms with Gasteiger partial charge < -0.3 is 9.73 Å². The molecule has 0 saturated heterocycles. The summed E-state index contributed by atoms with van der Waals surface area (Å²) in [6.45, 7) is 2.34. The summed E-state index contributed by atoms with van der Waals surface area (Å²) in [6.07, 6.45) is 1.60. The van der Waals surface area contributed by atoms with Gasteiger partial charge in [-0.3, -0.25) is 14.2 Å². The van der Waals surface area contributed by atoms with Crippen molar-refractivity contribution < 1.29 is 9.21 Å². The van der Waals surface area contributed by atoms with Crippen molar-refractivity contribution in [2.24, 2.45) is 0 Å². The first-order valence-electron chi connectivity index (χ1n) is 6.92. The predicted octanol–water partition coefficient (Wildman–Crippen LogP) is 1.89. The molecule has 1 N–H and O–H groups in total. The highest BCUT2D eigenvalue weighted by Crippen LogP contribution is 2.13. The molecule has 8 heteroatoms. The lowest BCUT2D eigenvalue weighted by atomic mass is 10.3. The molecule has 0 spiro atoms. The van der Waals surface area contributed by atoms with Crippen molar-refractivity contribution in [3.63, 3.8) is 0 Å². The maximum Gasteiger partial charge on any atom is 0.287 e. The quantitative estimate of drug-likeness (QED) is 0.750. The largest absolute Gasteiger partial charge is 0.444 e. The molecule has 3 aromatic rings. The van der Waals surface area contributed by atoms with E-state index in [0.29, 0.717) is 28.1 Å². The standard InChI is InChI=1S/C15H13BrN4O3/c1-9-19-13-10(3-2-6-17-13)15(22)20(9)8-7-18-14(21)11-4-5-12(16)23-11/h2-6H,7-8H2,1H3,(H,18,21). The number of aromatic nitrogens is 3. The van der Waals surface area contributed by atoms with Crippen LogP contribution in [0.25, 0.3) is 11.0 Å². The highest BCUT2D eigenvalue weighted by Gasteiger charge is 2.11. The molecule has 0 aliphatic heterocycles. The molecule has 0 unspecified atom stereocenters. The number of fused-ring (bicyclic) bond motifs is 1. The number of rotatable bonds is 4. The van der Waals surface area contributed by atoms with Crippen LogP contribution in [0, 0.1) is 6.92 Å². The normalized spacial score (nSPS) is 10.9. The SMILES string of the molecule is Cc1nc2ncccc2c(=O)n1CCNC(=O)c1ccc(Br)o1. The summed E-state index contributed by atoms with van der Waals surface area (Å²) < 4.78 is 7.17. The van der Waals surface area contributed by atoms with Crippen LogP contribution in [-0.2, 0) is 6.54 Å². The van der Waals surface area contributed by atoms with E-state index in [4.69, 9.17) is 4.42 Å². The molecule has 1 amide bonds. The van der Waals surface area contributed by atoms with E-state index in [1.165, 1.54) is 4.57 Å². The second-order valence-corrected chi connectivity index (χ2v) is 5.63. The first-order valence-corrected chi connectivity index (χ1v) is 7.71. The summed E-state index contributed by atoms with van der Waals surface area (Å²) >= 11 is 3.14. The van der Waals surface area contributed by atoms with Gasteiger partial charge >= 0.3 is 0 Å². The molecular weight excluding hydrogens is 364 g/mol. The van der Waals surface area contributed by atoms with Crippen molar-refractivity contribution in [1.82, 2.24) is 19.9 Å². The van der Waals surface area contributed by atoms with Crippen LogP contribution in [0.1, 0.15) is 16.4 Å². The highest BCUT2D eigenvalue weighted by atomic mass is 79.9. The fraction of sp³-hybridized carbons (Fsp3) is 0.200. The van der Waals surface area contributed by atoms with Crippen LogP contribution in [0.5, 0.6) is 0 Å². The van der Waals surface area contributed by atoms with Crippen LogP contribution in [0.4, 0.5) is 0 Å². The minimum absolute atomic E-state index is 0.171. The second kappa shape index (κ2) is 6.33. The minimum atomic E-state index is -0.336. The molecule has 3 rings (SSSR count). The molecule has 7 nitrogen and oxygen atoms in total. The van der Waals surface area contributed by atoms with Crippen LogP contribution in [-0.4, -0.2) is 27.0 Å². The Labute approximate surface area is 139 Å². The van der Waals surface area contributed by atoms with Crippen molar-refractivity contribution in [2.45, 2.75) is 13.5 Å². The number of furan rings is 1. The van der Waals surface area contributed by atoms with E-state index in [-0.39, 0.29) is 23.8 Å². The molecule has 0 aliphatic carbocycles. The molecular formula is C15H13BrN4O3. The third-order valence-electron chi connectivity index (χ3n) is 3.34. The van der Waals surface area contributed by atoms with E-state index < -0.39 is 0 Å². The zero-order valence-corrected chi connectivity index (χ0v) is 13.8. The molecule has 23 heavy (non-hydrogen) atoms. The molecule has 0 radical (unpaired) electrons. The maximum atomic E-state index is 12.4. The molecule has 3 heterocycles. The Kier molecular flexibility index (Phi) is 4.24. The van der Waals surface area contributed by atoms with Gasteiger partial charge in [0.1, 0.15) is 5.82 Å². The summed E-state index contributed by atoms with van der Waals surface area (Å²) in [5.41, 5.74) is 0.256. The summed E-state index contributed by atoms with van der Waals surface area (Å²) in [5, 5.41) is 3.16. The zero-order chi connectivity index (χ0) is 16.4. The Morgan fingerprint density at radius 2 is 2.22 bits per heavy atom. The Balaban J connectivity index is 1.75. The fourth-order valence-electron chi connectivity index (χ4n) is 2.23. The van der Waals surface area contributed by atoms with Gasteiger partial charge in [0.25, 0.3) is 11.5 Å². The smallest absolute Gasteiger partial charge is 0.287 e. The molecule has 0 aromatic carbocycles. The van der Waals surface area contributed by atoms with Crippen molar-refractivity contribution in [1.29, 1.82) is 0 Å². The maximum absolute atomic E-state index is 12.4. The van der Waals surface area contributed by atoms with Crippen LogP contribution in [0.2, 0.25) is 0 Å². The lowest BCUT2D eigenvalue weighted by Gasteiger charge is -2.10. The Morgan fingerprint density at radius 3 is 2.96 bits per heavy atom. The highest BCUT2D eigenvalue weighted by molar-refractivity contribution is 9.10. The molecule has 0 atom stereocenters.